The lowest BCUT2D eigenvalue weighted by molar-refractivity contribution is -0.174. The fourth-order valence-corrected chi connectivity index (χ4v) is 1.47. The summed E-state index contributed by atoms with van der Waals surface area (Å²) in [6.45, 7) is 15.4. The zero-order valence-corrected chi connectivity index (χ0v) is 14.8. The Kier molecular flexibility index (Phi) is 8.35. The molecular formula is C16H28N2O5. The topological polar surface area (TPSA) is 84.9 Å². The molecule has 0 saturated carbocycles. The number of amides is 2. The molecule has 1 heterocycles. The van der Waals surface area contributed by atoms with Crippen molar-refractivity contribution in [2.75, 3.05) is 0 Å². The molecule has 7 heteroatoms. The molecule has 132 valence electrons. The van der Waals surface area contributed by atoms with Gasteiger partial charge in [0, 0.05) is 12.5 Å². The highest BCUT2D eigenvalue weighted by Crippen LogP contribution is 2.19. The molecule has 0 bridgehead atoms. The van der Waals surface area contributed by atoms with Gasteiger partial charge in [0.2, 0.25) is 0 Å². The van der Waals surface area contributed by atoms with E-state index in [-0.39, 0.29) is 24.5 Å². The zero-order chi connectivity index (χ0) is 18.2. The number of hydrogen-bond acceptors (Lipinski definition) is 5. The molecule has 1 rings (SSSR count). The van der Waals surface area contributed by atoms with Crippen LogP contribution in [0.2, 0.25) is 0 Å². The first-order chi connectivity index (χ1) is 10.5. The van der Waals surface area contributed by atoms with Gasteiger partial charge < -0.3 is 14.9 Å². The lowest BCUT2D eigenvalue weighted by Gasteiger charge is -2.23. The number of ether oxygens (including phenoxy) is 1. The maximum absolute atomic E-state index is 11.2. The molecule has 2 amide bonds. The van der Waals surface area contributed by atoms with Crippen LogP contribution in [0.1, 0.15) is 54.4 Å². The summed E-state index contributed by atoms with van der Waals surface area (Å²) in [4.78, 5) is 36.1. The molecule has 1 atom stereocenters. The third-order valence-electron chi connectivity index (χ3n) is 3.03. The second-order valence-electron chi connectivity index (χ2n) is 6.63. The average molecular weight is 328 g/mol. The maximum Gasteiger partial charge on any atom is 0.407 e. The van der Waals surface area contributed by atoms with Crippen LogP contribution in [0.3, 0.4) is 0 Å². The molecule has 1 unspecified atom stereocenters. The van der Waals surface area contributed by atoms with Crippen molar-refractivity contribution in [1.82, 2.24) is 10.4 Å². The number of allylic oxidation sites excluding steroid dienone is 1. The van der Waals surface area contributed by atoms with E-state index < -0.39 is 5.60 Å². The Morgan fingerprint density at radius 3 is 2.22 bits per heavy atom. The number of carbonyl (C=O) groups excluding carboxylic acids is 3. The number of rotatable bonds is 4. The first-order valence-corrected chi connectivity index (χ1v) is 7.58. The molecule has 1 saturated heterocycles. The minimum atomic E-state index is -0.416. The largest absolute Gasteiger partial charge is 0.444 e. The molecule has 1 aliphatic rings. The van der Waals surface area contributed by atoms with Crippen LogP contribution in [0.4, 0.5) is 4.79 Å². The van der Waals surface area contributed by atoms with E-state index in [2.05, 4.69) is 30.6 Å². The van der Waals surface area contributed by atoms with Crippen LogP contribution in [0.25, 0.3) is 0 Å². The predicted molar refractivity (Wildman–Crippen MR) is 86.0 cm³/mol. The van der Waals surface area contributed by atoms with Crippen molar-refractivity contribution in [3.8, 4) is 0 Å². The zero-order valence-electron chi connectivity index (χ0n) is 14.8. The van der Waals surface area contributed by atoms with Gasteiger partial charge in [-0.05, 0) is 40.0 Å². The fourth-order valence-electron chi connectivity index (χ4n) is 1.47. The van der Waals surface area contributed by atoms with Gasteiger partial charge in [-0.15, -0.1) is 5.06 Å². The molecule has 0 aromatic rings. The fraction of sp³-hybridized carbons (Fsp3) is 0.688. The van der Waals surface area contributed by atoms with Crippen LogP contribution >= 0.6 is 0 Å². The molecule has 0 aromatic carbocycles. The SMILES string of the molecule is C=C1CCC(=O)N1OC=O.CC(C)C(C)NC(=O)OC(C)(C)C. The van der Waals surface area contributed by atoms with Gasteiger partial charge in [0.25, 0.3) is 5.91 Å². The third kappa shape index (κ3) is 8.85. The number of nitrogens with zero attached hydrogens (tertiary/aromatic N) is 1. The molecule has 0 radical (unpaired) electrons. The first-order valence-electron chi connectivity index (χ1n) is 7.58. The van der Waals surface area contributed by atoms with Crippen molar-refractivity contribution in [1.29, 1.82) is 0 Å². The summed E-state index contributed by atoms with van der Waals surface area (Å²) in [6, 6.07) is 0.148. The Balaban J connectivity index is 0.000000433. The Hall–Kier alpha value is -2.05. The molecule has 0 aliphatic carbocycles. The van der Waals surface area contributed by atoms with Crippen molar-refractivity contribution < 1.29 is 24.0 Å². The summed E-state index contributed by atoms with van der Waals surface area (Å²) in [6.07, 6.45) is 0.619. The smallest absolute Gasteiger partial charge is 0.407 e. The molecular weight excluding hydrogens is 300 g/mol. The van der Waals surface area contributed by atoms with Crippen LogP contribution in [0.5, 0.6) is 0 Å². The molecule has 23 heavy (non-hydrogen) atoms. The predicted octanol–water partition coefficient (Wildman–Crippen LogP) is 2.77. The van der Waals surface area contributed by atoms with Gasteiger partial charge in [-0.3, -0.25) is 9.59 Å². The Bertz CT molecular complexity index is 424. The standard InChI is InChI=1S/C10H21NO2.C6H7NO3/c1-7(2)8(3)11-9(12)13-10(4,5)6;1-5-2-3-6(9)7(5)10-4-8/h7-8H,1-6H3,(H,11,12);4H,1-3H2. The van der Waals surface area contributed by atoms with Gasteiger partial charge in [0.1, 0.15) is 5.60 Å². The number of nitrogens with one attached hydrogen (secondary N) is 1. The number of hydrogen-bond donors (Lipinski definition) is 1. The van der Waals surface area contributed by atoms with Gasteiger partial charge in [0.05, 0.1) is 5.70 Å². The van der Waals surface area contributed by atoms with E-state index in [0.29, 0.717) is 24.5 Å². The minimum absolute atomic E-state index is 0.148. The van der Waals surface area contributed by atoms with Crippen LogP contribution in [-0.4, -0.2) is 35.2 Å². The van der Waals surface area contributed by atoms with Gasteiger partial charge in [-0.1, -0.05) is 20.4 Å². The highest BCUT2D eigenvalue weighted by atomic mass is 16.7. The molecule has 0 aromatic heterocycles. The average Bonchev–Trinajstić information content (AvgIpc) is 2.69. The Labute approximate surface area is 137 Å². The first kappa shape index (κ1) is 20.9. The Morgan fingerprint density at radius 2 is 1.87 bits per heavy atom. The van der Waals surface area contributed by atoms with Gasteiger partial charge in [-0.2, -0.15) is 0 Å². The van der Waals surface area contributed by atoms with E-state index in [1.54, 1.807) is 0 Å². The van der Waals surface area contributed by atoms with Crippen LogP contribution in [-0.2, 0) is 19.2 Å². The minimum Gasteiger partial charge on any atom is -0.444 e. The van der Waals surface area contributed by atoms with Crippen LogP contribution < -0.4 is 5.32 Å². The van der Waals surface area contributed by atoms with Crippen molar-refractivity contribution in [2.24, 2.45) is 5.92 Å². The van der Waals surface area contributed by atoms with E-state index in [9.17, 15) is 14.4 Å². The monoisotopic (exact) mass is 328 g/mol. The van der Waals surface area contributed by atoms with E-state index >= 15 is 0 Å². The molecule has 1 aliphatic heterocycles. The summed E-state index contributed by atoms with van der Waals surface area (Å²) in [5.74, 6) is 0.213. The Morgan fingerprint density at radius 1 is 1.30 bits per heavy atom. The summed E-state index contributed by atoms with van der Waals surface area (Å²) in [7, 11) is 0. The van der Waals surface area contributed by atoms with E-state index in [0.717, 1.165) is 5.06 Å². The number of alkyl carbamates (subject to hydrolysis) is 1. The summed E-state index contributed by atoms with van der Waals surface area (Å²) >= 11 is 0. The highest BCUT2D eigenvalue weighted by Gasteiger charge is 2.25. The van der Waals surface area contributed by atoms with Crippen molar-refractivity contribution in [3.63, 3.8) is 0 Å². The van der Waals surface area contributed by atoms with Crippen molar-refractivity contribution in [2.45, 2.75) is 66.0 Å². The lowest BCUT2D eigenvalue weighted by atomic mass is 10.1. The maximum atomic E-state index is 11.2. The lowest BCUT2D eigenvalue weighted by Crippen LogP contribution is -2.39. The summed E-state index contributed by atoms with van der Waals surface area (Å²) < 4.78 is 5.11. The van der Waals surface area contributed by atoms with Gasteiger partial charge in [-0.25, -0.2) is 4.79 Å². The third-order valence-corrected chi connectivity index (χ3v) is 3.03. The van der Waals surface area contributed by atoms with Crippen molar-refractivity contribution in [3.05, 3.63) is 12.3 Å². The highest BCUT2D eigenvalue weighted by molar-refractivity contribution is 5.80. The summed E-state index contributed by atoms with van der Waals surface area (Å²) in [5.41, 5.74) is 0.123. The number of hydroxylamine groups is 2. The van der Waals surface area contributed by atoms with E-state index in [1.165, 1.54) is 0 Å². The van der Waals surface area contributed by atoms with Crippen LogP contribution in [0.15, 0.2) is 12.3 Å². The van der Waals surface area contributed by atoms with Gasteiger partial charge in [0.15, 0.2) is 0 Å². The van der Waals surface area contributed by atoms with Gasteiger partial charge >= 0.3 is 12.6 Å². The molecule has 1 fully saturated rings. The quantitative estimate of drug-likeness (QED) is 0.802. The number of carbonyl (C=O) groups is 3. The van der Waals surface area contributed by atoms with E-state index in [4.69, 9.17) is 4.74 Å². The second-order valence-corrected chi connectivity index (χ2v) is 6.63. The normalized spacial score (nSPS) is 15.7. The van der Waals surface area contributed by atoms with Crippen molar-refractivity contribution >= 4 is 18.5 Å². The summed E-state index contributed by atoms with van der Waals surface area (Å²) in [5, 5.41) is 3.70. The van der Waals surface area contributed by atoms with E-state index in [1.807, 2.05) is 27.7 Å². The second kappa shape index (κ2) is 9.17. The van der Waals surface area contributed by atoms with Crippen LogP contribution in [0, 0.1) is 5.92 Å². The molecule has 0 spiro atoms. The molecule has 1 N–H and O–H groups in total. The molecule has 7 nitrogen and oxygen atoms in total.